The fraction of sp³-hybridized carbons (Fsp3) is 0.125. The number of aromatic nitrogens is 1. The molecule has 1 N–H and O–H groups in total. The summed E-state index contributed by atoms with van der Waals surface area (Å²) in [7, 11) is 1.63. The molecule has 3 rings (SSSR count). The Kier molecular flexibility index (Phi) is 3.65. The van der Waals surface area contributed by atoms with Crippen LogP contribution >= 0.6 is 0 Å². The lowest BCUT2D eigenvalue weighted by atomic mass is 10.2. The SMILES string of the molecule is Cn1c(=O)oc2ccc(CNC(=O)Oc3ccccc3)cc21. The predicted molar refractivity (Wildman–Crippen MR) is 80.8 cm³/mol. The van der Waals surface area contributed by atoms with Gasteiger partial charge in [0, 0.05) is 13.6 Å². The topological polar surface area (TPSA) is 73.5 Å². The van der Waals surface area contributed by atoms with Gasteiger partial charge in [-0.15, -0.1) is 0 Å². The predicted octanol–water partition coefficient (Wildman–Crippen LogP) is 2.42. The molecular weight excluding hydrogens is 284 g/mol. The van der Waals surface area contributed by atoms with Crippen LogP contribution in [0.25, 0.3) is 11.1 Å². The average molecular weight is 298 g/mol. The summed E-state index contributed by atoms with van der Waals surface area (Å²) in [5.41, 5.74) is 2.04. The molecule has 112 valence electrons. The number of carbonyl (C=O) groups excluding carboxylic acids is 1. The molecule has 0 unspecified atom stereocenters. The maximum absolute atomic E-state index is 11.7. The largest absolute Gasteiger partial charge is 0.419 e. The Morgan fingerprint density at radius 2 is 2.00 bits per heavy atom. The Balaban J connectivity index is 1.67. The van der Waals surface area contributed by atoms with E-state index in [9.17, 15) is 9.59 Å². The molecule has 6 nitrogen and oxygen atoms in total. The van der Waals surface area contributed by atoms with Crippen LogP contribution in [-0.2, 0) is 13.6 Å². The molecule has 0 aliphatic rings. The number of para-hydroxylation sites is 1. The van der Waals surface area contributed by atoms with Gasteiger partial charge in [-0.2, -0.15) is 0 Å². The maximum Gasteiger partial charge on any atom is 0.419 e. The van der Waals surface area contributed by atoms with Gasteiger partial charge in [0.25, 0.3) is 0 Å². The van der Waals surface area contributed by atoms with Crippen molar-refractivity contribution in [2.24, 2.45) is 7.05 Å². The second kappa shape index (κ2) is 5.77. The number of oxazole rings is 1. The zero-order valence-electron chi connectivity index (χ0n) is 11.9. The summed E-state index contributed by atoms with van der Waals surface area (Å²) in [5.74, 6) is 0.0660. The van der Waals surface area contributed by atoms with Gasteiger partial charge in [0.2, 0.25) is 0 Å². The summed E-state index contributed by atoms with van der Waals surface area (Å²) in [6.45, 7) is 0.293. The summed E-state index contributed by atoms with van der Waals surface area (Å²) in [5, 5.41) is 2.66. The van der Waals surface area contributed by atoms with Crippen molar-refractivity contribution < 1.29 is 13.9 Å². The molecule has 0 aliphatic carbocycles. The zero-order chi connectivity index (χ0) is 15.5. The van der Waals surface area contributed by atoms with Crippen molar-refractivity contribution in [3.05, 3.63) is 64.6 Å². The van der Waals surface area contributed by atoms with Crippen LogP contribution in [0.1, 0.15) is 5.56 Å². The summed E-state index contributed by atoms with van der Waals surface area (Å²) in [4.78, 5) is 23.1. The number of benzene rings is 2. The van der Waals surface area contributed by atoms with Gasteiger partial charge in [-0.3, -0.25) is 4.57 Å². The summed E-state index contributed by atoms with van der Waals surface area (Å²) >= 11 is 0. The van der Waals surface area contributed by atoms with E-state index < -0.39 is 11.8 Å². The second-order valence-corrected chi connectivity index (χ2v) is 4.79. The molecular formula is C16H14N2O4. The normalized spacial score (nSPS) is 10.6. The highest BCUT2D eigenvalue weighted by atomic mass is 16.6. The Labute approximate surface area is 125 Å². The highest BCUT2D eigenvalue weighted by Crippen LogP contribution is 2.14. The molecule has 0 atom stereocenters. The van der Waals surface area contributed by atoms with Crippen molar-refractivity contribution in [1.29, 1.82) is 0 Å². The highest BCUT2D eigenvalue weighted by molar-refractivity contribution is 5.74. The Morgan fingerprint density at radius 1 is 1.23 bits per heavy atom. The molecule has 0 aliphatic heterocycles. The van der Waals surface area contributed by atoms with Crippen LogP contribution in [0.5, 0.6) is 5.75 Å². The molecule has 0 bridgehead atoms. The Morgan fingerprint density at radius 3 is 2.77 bits per heavy atom. The lowest BCUT2D eigenvalue weighted by molar-refractivity contribution is 0.200. The van der Waals surface area contributed by atoms with E-state index in [0.717, 1.165) is 5.56 Å². The van der Waals surface area contributed by atoms with E-state index in [4.69, 9.17) is 9.15 Å². The molecule has 0 radical (unpaired) electrons. The molecule has 0 saturated carbocycles. The number of rotatable bonds is 3. The molecule has 1 heterocycles. The maximum atomic E-state index is 11.7. The minimum Gasteiger partial charge on any atom is -0.410 e. The standard InChI is InChI=1S/C16H14N2O4/c1-18-13-9-11(7-8-14(13)22-16(18)20)10-17-15(19)21-12-5-3-2-4-6-12/h2-9H,10H2,1H3,(H,17,19). The number of aryl methyl sites for hydroxylation is 1. The van der Waals surface area contributed by atoms with Gasteiger partial charge < -0.3 is 14.5 Å². The number of hydrogen-bond donors (Lipinski definition) is 1. The summed E-state index contributed by atoms with van der Waals surface area (Å²) in [6.07, 6.45) is -0.535. The Hall–Kier alpha value is -3.02. The monoisotopic (exact) mass is 298 g/mol. The number of carbonyl (C=O) groups is 1. The summed E-state index contributed by atoms with van der Waals surface area (Å²) in [6, 6.07) is 14.1. The van der Waals surface area contributed by atoms with Gasteiger partial charge in [-0.05, 0) is 29.8 Å². The van der Waals surface area contributed by atoms with Gasteiger partial charge >= 0.3 is 11.8 Å². The van der Waals surface area contributed by atoms with Crippen molar-refractivity contribution in [3.63, 3.8) is 0 Å². The number of nitrogens with one attached hydrogen (secondary N) is 1. The molecule has 1 amide bonds. The van der Waals surface area contributed by atoms with Crippen molar-refractivity contribution in [1.82, 2.24) is 9.88 Å². The van der Waals surface area contributed by atoms with Crippen molar-refractivity contribution in [2.75, 3.05) is 0 Å². The van der Waals surface area contributed by atoms with E-state index in [1.807, 2.05) is 6.07 Å². The number of nitrogens with zero attached hydrogens (tertiary/aromatic N) is 1. The molecule has 22 heavy (non-hydrogen) atoms. The first-order chi connectivity index (χ1) is 10.6. The highest BCUT2D eigenvalue weighted by Gasteiger charge is 2.08. The first kappa shape index (κ1) is 13.9. The third-order valence-corrected chi connectivity index (χ3v) is 3.25. The minimum absolute atomic E-state index is 0.293. The van der Waals surface area contributed by atoms with Gasteiger partial charge in [-0.1, -0.05) is 24.3 Å². The molecule has 1 aromatic heterocycles. The van der Waals surface area contributed by atoms with E-state index in [0.29, 0.717) is 23.4 Å². The second-order valence-electron chi connectivity index (χ2n) is 4.79. The van der Waals surface area contributed by atoms with Crippen LogP contribution in [0.4, 0.5) is 4.79 Å². The third-order valence-electron chi connectivity index (χ3n) is 3.25. The quantitative estimate of drug-likeness (QED) is 0.806. The van der Waals surface area contributed by atoms with Crippen LogP contribution in [0.15, 0.2) is 57.7 Å². The molecule has 6 heteroatoms. The van der Waals surface area contributed by atoms with Gasteiger partial charge in [0.1, 0.15) is 5.75 Å². The van der Waals surface area contributed by atoms with E-state index in [1.54, 1.807) is 49.5 Å². The molecule has 3 aromatic rings. The summed E-state index contributed by atoms with van der Waals surface area (Å²) < 4.78 is 11.6. The van der Waals surface area contributed by atoms with Gasteiger partial charge in [0.15, 0.2) is 5.58 Å². The van der Waals surface area contributed by atoms with E-state index in [1.165, 1.54) is 4.57 Å². The lowest BCUT2D eigenvalue weighted by Gasteiger charge is -2.06. The third kappa shape index (κ3) is 2.85. The van der Waals surface area contributed by atoms with Crippen molar-refractivity contribution in [3.8, 4) is 5.75 Å². The van der Waals surface area contributed by atoms with Crippen LogP contribution < -0.4 is 15.8 Å². The van der Waals surface area contributed by atoms with E-state index in [2.05, 4.69) is 5.32 Å². The number of amides is 1. The van der Waals surface area contributed by atoms with Crippen LogP contribution in [-0.4, -0.2) is 10.7 Å². The number of fused-ring (bicyclic) bond motifs is 1. The molecule has 0 spiro atoms. The van der Waals surface area contributed by atoms with Gasteiger partial charge in [-0.25, -0.2) is 9.59 Å². The fourth-order valence-corrected chi connectivity index (χ4v) is 2.09. The number of ether oxygens (including phenoxy) is 1. The molecule has 2 aromatic carbocycles. The molecule has 0 fully saturated rings. The van der Waals surface area contributed by atoms with Crippen LogP contribution in [0, 0.1) is 0 Å². The Bertz CT molecular complexity index is 865. The first-order valence-corrected chi connectivity index (χ1v) is 6.72. The molecule has 0 saturated heterocycles. The minimum atomic E-state index is -0.535. The van der Waals surface area contributed by atoms with Crippen molar-refractivity contribution >= 4 is 17.2 Å². The fourth-order valence-electron chi connectivity index (χ4n) is 2.09. The first-order valence-electron chi connectivity index (χ1n) is 6.72. The van der Waals surface area contributed by atoms with E-state index >= 15 is 0 Å². The average Bonchev–Trinajstić information content (AvgIpc) is 2.81. The zero-order valence-corrected chi connectivity index (χ0v) is 11.9. The smallest absolute Gasteiger partial charge is 0.410 e. The van der Waals surface area contributed by atoms with E-state index in [-0.39, 0.29) is 0 Å². The van der Waals surface area contributed by atoms with Crippen LogP contribution in [0.2, 0.25) is 0 Å². The number of hydrogen-bond acceptors (Lipinski definition) is 4. The van der Waals surface area contributed by atoms with Crippen LogP contribution in [0.3, 0.4) is 0 Å². The van der Waals surface area contributed by atoms with Crippen molar-refractivity contribution in [2.45, 2.75) is 6.54 Å². The lowest BCUT2D eigenvalue weighted by Crippen LogP contribution is -2.26. The van der Waals surface area contributed by atoms with Gasteiger partial charge in [0.05, 0.1) is 5.52 Å².